The van der Waals surface area contributed by atoms with E-state index in [0.29, 0.717) is 18.5 Å². The van der Waals surface area contributed by atoms with Gasteiger partial charge >= 0.3 is 0 Å². The SMILES string of the molecule is CC(C)N(CCCl)CCOc1ccccc1. The predicted molar refractivity (Wildman–Crippen MR) is 69.4 cm³/mol. The zero-order valence-electron chi connectivity index (χ0n) is 10.0. The molecule has 0 aromatic heterocycles. The van der Waals surface area contributed by atoms with Crippen LogP contribution in [0.4, 0.5) is 0 Å². The standard InChI is InChI=1S/C13H20ClNO/c1-12(2)15(9-8-14)10-11-16-13-6-4-3-5-7-13/h3-7,12H,8-11H2,1-2H3. The largest absolute Gasteiger partial charge is 0.492 e. The Hall–Kier alpha value is -0.730. The van der Waals surface area contributed by atoms with Crippen molar-refractivity contribution in [3.63, 3.8) is 0 Å². The smallest absolute Gasteiger partial charge is 0.119 e. The van der Waals surface area contributed by atoms with Crippen LogP contribution in [0, 0.1) is 0 Å². The van der Waals surface area contributed by atoms with Crippen molar-refractivity contribution in [3.05, 3.63) is 30.3 Å². The van der Waals surface area contributed by atoms with Gasteiger partial charge in [0, 0.05) is 25.0 Å². The Morgan fingerprint density at radius 1 is 1.19 bits per heavy atom. The maximum absolute atomic E-state index is 5.75. The van der Waals surface area contributed by atoms with Crippen molar-refractivity contribution < 1.29 is 4.74 Å². The molecule has 0 bridgehead atoms. The molecule has 0 atom stereocenters. The van der Waals surface area contributed by atoms with Gasteiger partial charge in [-0.1, -0.05) is 18.2 Å². The Balaban J connectivity index is 2.28. The Morgan fingerprint density at radius 3 is 2.44 bits per heavy atom. The third-order valence-electron chi connectivity index (χ3n) is 2.49. The van der Waals surface area contributed by atoms with E-state index in [4.69, 9.17) is 16.3 Å². The molecule has 0 saturated carbocycles. The van der Waals surface area contributed by atoms with Crippen LogP contribution >= 0.6 is 11.6 Å². The average Bonchev–Trinajstić information content (AvgIpc) is 2.29. The van der Waals surface area contributed by atoms with Crippen LogP contribution in [0.25, 0.3) is 0 Å². The molecule has 0 heterocycles. The quantitative estimate of drug-likeness (QED) is 0.681. The monoisotopic (exact) mass is 241 g/mol. The molecule has 90 valence electrons. The molecule has 0 aliphatic carbocycles. The molecule has 0 saturated heterocycles. The first-order valence-corrected chi connectivity index (χ1v) is 6.25. The van der Waals surface area contributed by atoms with Crippen LogP contribution in [0.3, 0.4) is 0 Å². The molecule has 0 spiro atoms. The summed E-state index contributed by atoms with van der Waals surface area (Å²) < 4.78 is 5.65. The minimum Gasteiger partial charge on any atom is -0.492 e. The van der Waals surface area contributed by atoms with E-state index in [0.717, 1.165) is 18.8 Å². The molecular weight excluding hydrogens is 222 g/mol. The highest BCUT2D eigenvalue weighted by atomic mass is 35.5. The lowest BCUT2D eigenvalue weighted by molar-refractivity contribution is 0.184. The predicted octanol–water partition coefficient (Wildman–Crippen LogP) is 3.01. The second-order valence-electron chi connectivity index (χ2n) is 3.98. The van der Waals surface area contributed by atoms with E-state index in [1.165, 1.54) is 0 Å². The van der Waals surface area contributed by atoms with Crippen molar-refractivity contribution >= 4 is 11.6 Å². The van der Waals surface area contributed by atoms with E-state index >= 15 is 0 Å². The van der Waals surface area contributed by atoms with Gasteiger partial charge in [-0.15, -0.1) is 11.6 Å². The van der Waals surface area contributed by atoms with Gasteiger partial charge in [0.1, 0.15) is 12.4 Å². The minimum atomic E-state index is 0.512. The topological polar surface area (TPSA) is 12.5 Å². The van der Waals surface area contributed by atoms with Crippen LogP contribution in [-0.4, -0.2) is 36.5 Å². The molecule has 0 amide bonds. The number of para-hydroxylation sites is 1. The van der Waals surface area contributed by atoms with Gasteiger partial charge < -0.3 is 4.74 Å². The van der Waals surface area contributed by atoms with Gasteiger partial charge in [0.15, 0.2) is 0 Å². The number of rotatable bonds is 7. The summed E-state index contributed by atoms with van der Waals surface area (Å²) in [7, 11) is 0. The molecular formula is C13H20ClNO. The first-order valence-electron chi connectivity index (χ1n) is 5.72. The molecule has 1 rings (SSSR count). The lowest BCUT2D eigenvalue weighted by Crippen LogP contribution is -2.36. The van der Waals surface area contributed by atoms with E-state index in [1.54, 1.807) is 0 Å². The molecule has 1 aromatic carbocycles. The van der Waals surface area contributed by atoms with Gasteiger partial charge in [-0.2, -0.15) is 0 Å². The van der Waals surface area contributed by atoms with Crippen LogP contribution < -0.4 is 4.74 Å². The van der Waals surface area contributed by atoms with Gasteiger partial charge in [0.05, 0.1) is 0 Å². The molecule has 0 N–H and O–H groups in total. The van der Waals surface area contributed by atoms with Gasteiger partial charge in [-0.25, -0.2) is 0 Å². The highest BCUT2D eigenvalue weighted by molar-refractivity contribution is 6.18. The highest BCUT2D eigenvalue weighted by Gasteiger charge is 2.07. The fraction of sp³-hybridized carbons (Fsp3) is 0.538. The molecule has 16 heavy (non-hydrogen) atoms. The zero-order chi connectivity index (χ0) is 11.8. The molecule has 0 unspecified atom stereocenters. The second-order valence-corrected chi connectivity index (χ2v) is 4.36. The summed E-state index contributed by atoms with van der Waals surface area (Å²) in [5.41, 5.74) is 0. The van der Waals surface area contributed by atoms with Gasteiger partial charge in [-0.05, 0) is 26.0 Å². The van der Waals surface area contributed by atoms with Gasteiger partial charge in [0.2, 0.25) is 0 Å². The lowest BCUT2D eigenvalue weighted by Gasteiger charge is -2.25. The summed E-state index contributed by atoms with van der Waals surface area (Å²) in [5, 5.41) is 0. The number of halogens is 1. The summed E-state index contributed by atoms with van der Waals surface area (Å²) in [4.78, 5) is 2.32. The Bertz CT molecular complexity index is 277. The second kappa shape index (κ2) is 7.53. The van der Waals surface area contributed by atoms with E-state index in [9.17, 15) is 0 Å². The van der Waals surface area contributed by atoms with E-state index in [2.05, 4.69) is 18.7 Å². The van der Waals surface area contributed by atoms with Crippen LogP contribution in [0.2, 0.25) is 0 Å². The average molecular weight is 242 g/mol. The Morgan fingerprint density at radius 2 is 1.88 bits per heavy atom. The Labute approximate surface area is 103 Å². The first-order chi connectivity index (χ1) is 7.74. The van der Waals surface area contributed by atoms with Crippen molar-refractivity contribution in [1.82, 2.24) is 4.90 Å². The number of hydrogen-bond donors (Lipinski definition) is 0. The maximum atomic E-state index is 5.75. The molecule has 3 heteroatoms. The maximum Gasteiger partial charge on any atom is 0.119 e. The summed E-state index contributed by atoms with van der Waals surface area (Å²) in [6.07, 6.45) is 0. The highest BCUT2D eigenvalue weighted by Crippen LogP contribution is 2.08. The van der Waals surface area contributed by atoms with Crippen molar-refractivity contribution in [3.8, 4) is 5.75 Å². The number of benzene rings is 1. The van der Waals surface area contributed by atoms with Gasteiger partial charge in [0.25, 0.3) is 0 Å². The van der Waals surface area contributed by atoms with E-state index < -0.39 is 0 Å². The molecule has 0 aliphatic rings. The van der Waals surface area contributed by atoms with Crippen LogP contribution in [0.1, 0.15) is 13.8 Å². The normalized spacial score (nSPS) is 11.1. The third kappa shape index (κ3) is 4.86. The molecule has 0 radical (unpaired) electrons. The van der Waals surface area contributed by atoms with Crippen LogP contribution in [0.15, 0.2) is 30.3 Å². The minimum absolute atomic E-state index is 0.512. The van der Waals surface area contributed by atoms with Crippen LogP contribution in [0.5, 0.6) is 5.75 Å². The number of hydrogen-bond acceptors (Lipinski definition) is 2. The summed E-state index contributed by atoms with van der Waals surface area (Å²) in [6.45, 7) is 6.89. The Kier molecular flexibility index (Phi) is 6.27. The summed E-state index contributed by atoms with van der Waals surface area (Å²) in [6, 6.07) is 10.4. The van der Waals surface area contributed by atoms with E-state index in [1.807, 2.05) is 30.3 Å². The summed E-state index contributed by atoms with van der Waals surface area (Å²) >= 11 is 5.75. The van der Waals surface area contributed by atoms with Crippen molar-refractivity contribution in [2.75, 3.05) is 25.6 Å². The zero-order valence-corrected chi connectivity index (χ0v) is 10.8. The van der Waals surface area contributed by atoms with Crippen LogP contribution in [-0.2, 0) is 0 Å². The number of ether oxygens (including phenoxy) is 1. The third-order valence-corrected chi connectivity index (χ3v) is 2.66. The molecule has 2 nitrogen and oxygen atoms in total. The van der Waals surface area contributed by atoms with Crippen molar-refractivity contribution in [2.24, 2.45) is 0 Å². The molecule has 0 aliphatic heterocycles. The fourth-order valence-corrected chi connectivity index (χ4v) is 1.75. The molecule has 0 fully saturated rings. The van der Waals surface area contributed by atoms with Crippen molar-refractivity contribution in [1.29, 1.82) is 0 Å². The summed E-state index contributed by atoms with van der Waals surface area (Å²) in [5.74, 6) is 1.60. The van der Waals surface area contributed by atoms with Crippen molar-refractivity contribution in [2.45, 2.75) is 19.9 Å². The van der Waals surface area contributed by atoms with E-state index in [-0.39, 0.29) is 0 Å². The fourth-order valence-electron chi connectivity index (χ4n) is 1.53. The lowest BCUT2D eigenvalue weighted by atomic mass is 10.3. The first kappa shape index (κ1) is 13.3. The number of alkyl halides is 1. The number of nitrogens with zero attached hydrogens (tertiary/aromatic N) is 1. The van der Waals surface area contributed by atoms with Gasteiger partial charge in [-0.3, -0.25) is 4.90 Å². The molecule has 1 aromatic rings.